The summed E-state index contributed by atoms with van der Waals surface area (Å²) in [6.45, 7) is 1.36. The lowest BCUT2D eigenvalue weighted by atomic mass is 10.1. The Balaban J connectivity index is 0.00000400. The Morgan fingerprint density at radius 3 is 2.52 bits per heavy atom. The van der Waals surface area contributed by atoms with E-state index in [0.29, 0.717) is 37.4 Å². The van der Waals surface area contributed by atoms with Crippen molar-refractivity contribution in [2.75, 3.05) is 27.3 Å². The number of carbonyl (C=O) groups excluding carboxylic acids is 1. The van der Waals surface area contributed by atoms with Crippen LogP contribution in [0.1, 0.15) is 24.8 Å². The number of halogens is 1. The number of methoxy groups -OCH3 is 2. The number of carbonyl (C=O) groups is 1. The van der Waals surface area contributed by atoms with Crippen molar-refractivity contribution in [3.05, 3.63) is 23.8 Å². The predicted molar refractivity (Wildman–Crippen MR) is 86.4 cm³/mol. The smallest absolute Gasteiger partial charge is 0.220 e. The van der Waals surface area contributed by atoms with E-state index in [1.54, 1.807) is 14.2 Å². The highest BCUT2D eigenvalue weighted by atomic mass is 35.5. The summed E-state index contributed by atoms with van der Waals surface area (Å²) in [5.41, 5.74) is 6.45. The van der Waals surface area contributed by atoms with Crippen molar-refractivity contribution in [1.82, 2.24) is 5.32 Å². The van der Waals surface area contributed by atoms with Crippen molar-refractivity contribution in [1.29, 1.82) is 0 Å². The van der Waals surface area contributed by atoms with Crippen molar-refractivity contribution in [2.45, 2.75) is 25.7 Å². The van der Waals surface area contributed by atoms with Crippen LogP contribution in [0.2, 0.25) is 0 Å². The van der Waals surface area contributed by atoms with Gasteiger partial charge in [0.05, 0.1) is 14.2 Å². The molecule has 0 heterocycles. The lowest BCUT2D eigenvalue weighted by Crippen LogP contribution is -2.25. The molecule has 0 spiro atoms. The molecule has 5 nitrogen and oxygen atoms in total. The molecule has 3 N–H and O–H groups in total. The fraction of sp³-hybridized carbons (Fsp3) is 0.533. The molecule has 1 amide bonds. The van der Waals surface area contributed by atoms with Crippen molar-refractivity contribution in [3.63, 3.8) is 0 Å². The first-order valence-corrected chi connectivity index (χ1v) is 6.89. The lowest BCUT2D eigenvalue weighted by molar-refractivity contribution is -0.121. The van der Waals surface area contributed by atoms with Gasteiger partial charge >= 0.3 is 0 Å². The number of hydrogen-bond donors (Lipinski definition) is 2. The first-order chi connectivity index (χ1) is 9.71. The first kappa shape index (κ1) is 19.5. The van der Waals surface area contributed by atoms with E-state index < -0.39 is 0 Å². The van der Waals surface area contributed by atoms with Gasteiger partial charge in [0.1, 0.15) is 0 Å². The van der Waals surface area contributed by atoms with Gasteiger partial charge in [-0.25, -0.2) is 0 Å². The normalized spacial score (nSPS) is 9.67. The van der Waals surface area contributed by atoms with E-state index in [0.717, 1.165) is 18.4 Å². The molecule has 1 aromatic carbocycles. The Bertz CT molecular complexity index is 427. The molecule has 0 aromatic heterocycles. The summed E-state index contributed by atoms with van der Waals surface area (Å²) in [4.78, 5) is 11.7. The number of benzene rings is 1. The molecule has 0 aliphatic heterocycles. The number of hydrogen-bond acceptors (Lipinski definition) is 4. The minimum Gasteiger partial charge on any atom is -0.493 e. The van der Waals surface area contributed by atoms with Crippen molar-refractivity contribution >= 4 is 18.3 Å². The highest BCUT2D eigenvalue weighted by Crippen LogP contribution is 2.27. The molecular weight excluding hydrogens is 292 g/mol. The summed E-state index contributed by atoms with van der Waals surface area (Å²) in [6, 6.07) is 5.71. The van der Waals surface area contributed by atoms with Gasteiger partial charge in [0, 0.05) is 13.0 Å². The summed E-state index contributed by atoms with van der Waals surface area (Å²) < 4.78 is 10.4. The third-order valence-electron chi connectivity index (χ3n) is 3.04. The van der Waals surface area contributed by atoms with Gasteiger partial charge in [0.25, 0.3) is 0 Å². The van der Waals surface area contributed by atoms with Crippen molar-refractivity contribution in [3.8, 4) is 11.5 Å². The van der Waals surface area contributed by atoms with E-state index in [2.05, 4.69) is 5.32 Å². The molecular formula is C15H25ClN2O3. The monoisotopic (exact) mass is 316 g/mol. The quantitative estimate of drug-likeness (QED) is 0.683. The fourth-order valence-electron chi connectivity index (χ4n) is 1.88. The maximum atomic E-state index is 11.7. The zero-order valence-corrected chi connectivity index (χ0v) is 13.5. The summed E-state index contributed by atoms with van der Waals surface area (Å²) in [6.07, 6.45) is 3.02. The van der Waals surface area contributed by atoms with Gasteiger partial charge in [0.15, 0.2) is 11.5 Å². The second kappa shape index (κ2) is 11.2. The molecule has 0 aliphatic carbocycles. The third-order valence-corrected chi connectivity index (χ3v) is 3.04. The zero-order chi connectivity index (χ0) is 14.8. The number of amides is 1. The molecule has 1 rings (SSSR count). The average Bonchev–Trinajstić information content (AvgIpc) is 2.49. The average molecular weight is 317 g/mol. The van der Waals surface area contributed by atoms with E-state index >= 15 is 0 Å². The Morgan fingerprint density at radius 2 is 1.90 bits per heavy atom. The Kier molecular flexibility index (Phi) is 10.4. The first-order valence-electron chi connectivity index (χ1n) is 6.89. The predicted octanol–water partition coefficient (Wildman–Crippen LogP) is 1.91. The van der Waals surface area contributed by atoms with Crippen LogP contribution in [0.25, 0.3) is 0 Å². The molecule has 0 fully saturated rings. The summed E-state index contributed by atoms with van der Waals surface area (Å²) in [5, 5.41) is 2.89. The maximum Gasteiger partial charge on any atom is 0.220 e. The topological polar surface area (TPSA) is 73.6 Å². The Hall–Kier alpha value is -1.46. The summed E-state index contributed by atoms with van der Waals surface area (Å²) in [5.74, 6) is 1.45. The summed E-state index contributed by atoms with van der Waals surface area (Å²) in [7, 11) is 3.21. The highest BCUT2D eigenvalue weighted by molar-refractivity contribution is 5.85. The minimum absolute atomic E-state index is 0. The van der Waals surface area contributed by atoms with Crippen LogP contribution in [0.3, 0.4) is 0 Å². The fourth-order valence-corrected chi connectivity index (χ4v) is 1.88. The van der Waals surface area contributed by atoms with Gasteiger partial charge in [-0.2, -0.15) is 0 Å². The molecule has 0 atom stereocenters. The van der Waals surface area contributed by atoms with Gasteiger partial charge in [0.2, 0.25) is 5.91 Å². The SMILES string of the molecule is COc1ccc(CCC(=O)NCCCCN)cc1OC.Cl. The van der Waals surface area contributed by atoms with Gasteiger partial charge in [-0.1, -0.05) is 6.07 Å². The van der Waals surface area contributed by atoms with Crippen LogP contribution >= 0.6 is 12.4 Å². The van der Waals surface area contributed by atoms with E-state index in [1.807, 2.05) is 18.2 Å². The van der Waals surface area contributed by atoms with Crippen LogP contribution in [-0.2, 0) is 11.2 Å². The number of rotatable bonds is 9. The van der Waals surface area contributed by atoms with Gasteiger partial charge in [-0.15, -0.1) is 12.4 Å². The third kappa shape index (κ3) is 7.20. The molecule has 0 bridgehead atoms. The molecule has 1 aromatic rings. The second-order valence-electron chi connectivity index (χ2n) is 4.54. The molecule has 21 heavy (non-hydrogen) atoms. The van der Waals surface area contributed by atoms with E-state index in [1.165, 1.54) is 0 Å². The zero-order valence-electron chi connectivity index (χ0n) is 12.7. The number of ether oxygens (including phenoxy) is 2. The molecule has 0 unspecified atom stereocenters. The highest BCUT2D eigenvalue weighted by Gasteiger charge is 2.06. The van der Waals surface area contributed by atoms with Gasteiger partial charge in [-0.3, -0.25) is 4.79 Å². The van der Waals surface area contributed by atoms with Crippen LogP contribution in [0.15, 0.2) is 18.2 Å². The molecule has 0 aliphatic rings. The standard InChI is InChI=1S/C15H24N2O3.ClH/c1-19-13-7-5-12(11-14(13)20-2)6-8-15(18)17-10-4-3-9-16;/h5,7,11H,3-4,6,8-10,16H2,1-2H3,(H,17,18);1H. The molecule has 120 valence electrons. The second-order valence-corrected chi connectivity index (χ2v) is 4.54. The number of nitrogens with one attached hydrogen (secondary N) is 1. The van der Waals surface area contributed by atoms with Gasteiger partial charge in [-0.05, 0) is 43.5 Å². The minimum atomic E-state index is 0. The van der Waals surface area contributed by atoms with E-state index in [9.17, 15) is 4.79 Å². The maximum absolute atomic E-state index is 11.7. The molecule has 0 radical (unpaired) electrons. The van der Waals surface area contributed by atoms with Crippen molar-refractivity contribution < 1.29 is 14.3 Å². The van der Waals surface area contributed by atoms with Crippen molar-refractivity contribution in [2.24, 2.45) is 5.73 Å². The van der Waals surface area contributed by atoms with Gasteiger partial charge < -0.3 is 20.5 Å². The summed E-state index contributed by atoms with van der Waals surface area (Å²) >= 11 is 0. The molecule has 6 heteroatoms. The number of nitrogens with two attached hydrogens (primary N) is 1. The number of aryl methyl sites for hydroxylation is 1. The Morgan fingerprint density at radius 1 is 1.19 bits per heavy atom. The van der Waals surface area contributed by atoms with E-state index in [-0.39, 0.29) is 18.3 Å². The molecule has 0 saturated carbocycles. The number of unbranched alkanes of at least 4 members (excludes halogenated alkanes) is 1. The van der Waals surface area contributed by atoms with Crippen LogP contribution < -0.4 is 20.5 Å². The van der Waals surface area contributed by atoms with Crippen LogP contribution in [0, 0.1) is 0 Å². The van der Waals surface area contributed by atoms with Crippen LogP contribution in [0.4, 0.5) is 0 Å². The Labute approximate surface area is 132 Å². The largest absolute Gasteiger partial charge is 0.493 e. The van der Waals surface area contributed by atoms with Crippen LogP contribution in [0.5, 0.6) is 11.5 Å². The van der Waals surface area contributed by atoms with E-state index in [4.69, 9.17) is 15.2 Å². The molecule has 0 saturated heterocycles. The van der Waals surface area contributed by atoms with Crippen LogP contribution in [-0.4, -0.2) is 33.2 Å². The lowest BCUT2D eigenvalue weighted by Gasteiger charge is -2.09.